The number of thiocarbonyl (C=S) groups is 1. The van der Waals surface area contributed by atoms with Crippen LogP contribution in [0.25, 0.3) is 6.08 Å². The van der Waals surface area contributed by atoms with Crippen LogP contribution in [-0.2, 0) is 14.4 Å². The van der Waals surface area contributed by atoms with Crippen molar-refractivity contribution in [3.05, 3.63) is 88.2 Å². The average molecular weight is 584 g/mol. The SMILES string of the molecule is COc1cc(/C=C2/C(=O)NC(=S)N(c3ccccc3)C2=O)cc(Br)c1OCC(=O)Nc1ccccc1F. The Balaban J connectivity index is 1.56. The molecule has 0 aromatic heterocycles. The van der Waals surface area contributed by atoms with E-state index in [0.717, 1.165) is 0 Å². The number of ether oxygens (including phenoxy) is 2. The van der Waals surface area contributed by atoms with Crippen molar-refractivity contribution in [2.24, 2.45) is 0 Å². The van der Waals surface area contributed by atoms with Gasteiger partial charge in [-0.3, -0.25) is 24.6 Å². The summed E-state index contributed by atoms with van der Waals surface area (Å²) in [6.07, 6.45) is 1.40. The monoisotopic (exact) mass is 583 g/mol. The molecule has 3 aromatic carbocycles. The van der Waals surface area contributed by atoms with Gasteiger partial charge in [0.25, 0.3) is 17.7 Å². The van der Waals surface area contributed by atoms with E-state index in [9.17, 15) is 18.8 Å². The van der Waals surface area contributed by atoms with Crippen LogP contribution in [-0.4, -0.2) is 36.6 Å². The van der Waals surface area contributed by atoms with Gasteiger partial charge in [0.15, 0.2) is 23.2 Å². The number of nitrogens with zero attached hydrogens (tertiary/aromatic N) is 1. The van der Waals surface area contributed by atoms with Crippen molar-refractivity contribution in [1.29, 1.82) is 0 Å². The molecule has 1 fully saturated rings. The van der Waals surface area contributed by atoms with E-state index in [1.54, 1.807) is 48.5 Å². The summed E-state index contributed by atoms with van der Waals surface area (Å²) in [5.41, 5.74) is 0.860. The highest BCUT2D eigenvalue weighted by Gasteiger charge is 2.34. The first-order chi connectivity index (χ1) is 17.8. The second-order valence-electron chi connectivity index (χ2n) is 7.64. The first-order valence-corrected chi connectivity index (χ1v) is 12.0. The first-order valence-electron chi connectivity index (χ1n) is 10.8. The predicted molar refractivity (Wildman–Crippen MR) is 144 cm³/mol. The highest BCUT2D eigenvalue weighted by Crippen LogP contribution is 2.37. The van der Waals surface area contributed by atoms with Crippen molar-refractivity contribution < 1.29 is 28.2 Å². The Morgan fingerprint density at radius 3 is 2.54 bits per heavy atom. The number of anilines is 2. The molecule has 0 radical (unpaired) electrons. The number of rotatable bonds is 7. The van der Waals surface area contributed by atoms with Gasteiger partial charge in [-0.25, -0.2) is 4.39 Å². The Labute approximate surface area is 225 Å². The molecule has 0 unspecified atom stereocenters. The molecule has 3 aromatic rings. The molecule has 0 aliphatic carbocycles. The molecule has 188 valence electrons. The summed E-state index contributed by atoms with van der Waals surface area (Å²) in [5, 5.41) is 4.94. The molecular formula is C26H19BrFN3O5S. The quantitative estimate of drug-likeness (QED) is 0.242. The second-order valence-corrected chi connectivity index (χ2v) is 8.89. The number of carbonyl (C=O) groups is 3. The van der Waals surface area contributed by atoms with Crippen LogP contribution in [0.2, 0.25) is 0 Å². The number of benzene rings is 3. The molecular weight excluding hydrogens is 565 g/mol. The summed E-state index contributed by atoms with van der Waals surface area (Å²) in [5.74, 6) is -1.92. The lowest BCUT2D eigenvalue weighted by Gasteiger charge is -2.28. The normalized spacial score (nSPS) is 14.4. The zero-order chi connectivity index (χ0) is 26.5. The Kier molecular flexibility index (Phi) is 7.95. The van der Waals surface area contributed by atoms with Crippen LogP contribution < -0.4 is 25.0 Å². The largest absolute Gasteiger partial charge is 0.493 e. The molecule has 1 heterocycles. The number of methoxy groups -OCH3 is 1. The Bertz CT molecular complexity index is 1430. The van der Waals surface area contributed by atoms with Crippen LogP contribution in [0.5, 0.6) is 11.5 Å². The lowest BCUT2D eigenvalue weighted by atomic mass is 10.1. The van der Waals surface area contributed by atoms with Crippen molar-refractivity contribution >= 4 is 68.4 Å². The summed E-state index contributed by atoms with van der Waals surface area (Å²) in [4.78, 5) is 39.3. The molecule has 0 bridgehead atoms. The van der Waals surface area contributed by atoms with Crippen molar-refractivity contribution in [3.8, 4) is 11.5 Å². The van der Waals surface area contributed by atoms with Gasteiger partial charge in [0.1, 0.15) is 11.4 Å². The minimum Gasteiger partial charge on any atom is -0.493 e. The summed E-state index contributed by atoms with van der Waals surface area (Å²) in [6.45, 7) is -0.423. The average Bonchev–Trinajstić information content (AvgIpc) is 2.87. The zero-order valence-electron chi connectivity index (χ0n) is 19.3. The second kappa shape index (κ2) is 11.3. The van der Waals surface area contributed by atoms with E-state index in [4.69, 9.17) is 21.7 Å². The third-order valence-corrected chi connectivity index (χ3v) is 6.05. The number of nitrogens with one attached hydrogen (secondary N) is 2. The number of hydrogen-bond donors (Lipinski definition) is 2. The predicted octanol–water partition coefficient (Wildman–Crippen LogP) is 4.45. The van der Waals surface area contributed by atoms with Crippen LogP contribution in [0.1, 0.15) is 5.56 Å². The van der Waals surface area contributed by atoms with Gasteiger partial charge in [-0.05, 0) is 76.2 Å². The Morgan fingerprint density at radius 2 is 1.84 bits per heavy atom. The van der Waals surface area contributed by atoms with Gasteiger partial charge in [0.2, 0.25) is 0 Å². The van der Waals surface area contributed by atoms with Crippen molar-refractivity contribution in [2.45, 2.75) is 0 Å². The third kappa shape index (κ3) is 5.84. The van der Waals surface area contributed by atoms with Gasteiger partial charge in [0.05, 0.1) is 23.0 Å². The van der Waals surface area contributed by atoms with Gasteiger partial charge in [0, 0.05) is 0 Å². The van der Waals surface area contributed by atoms with E-state index < -0.39 is 30.1 Å². The molecule has 8 nitrogen and oxygen atoms in total. The fraction of sp³-hybridized carbons (Fsp3) is 0.0769. The van der Waals surface area contributed by atoms with Crippen LogP contribution in [0, 0.1) is 5.82 Å². The molecule has 2 N–H and O–H groups in total. The Morgan fingerprint density at radius 1 is 1.14 bits per heavy atom. The maximum atomic E-state index is 13.8. The highest BCUT2D eigenvalue weighted by molar-refractivity contribution is 9.10. The number of hydrogen-bond acceptors (Lipinski definition) is 6. The minimum absolute atomic E-state index is 0.0190. The van der Waals surface area contributed by atoms with E-state index in [2.05, 4.69) is 26.6 Å². The van der Waals surface area contributed by atoms with Crippen LogP contribution in [0.3, 0.4) is 0 Å². The summed E-state index contributed by atoms with van der Waals surface area (Å²) in [6, 6.07) is 17.6. The lowest BCUT2D eigenvalue weighted by Crippen LogP contribution is -2.54. The van der Waals surface area contributed by atoms with Gasteiger partial charge < -0.3 is 14.8 Å². The first kappa shape index (κ1) is 26.0. The van der Waals surface area contributed by atoms with Crippen molar-refractivity contribution in [3.63, 3.8) is 0 Å². The van der Waals surface area contributed by atoms with Crippen LogP contribution in [0.15, 0.2) is 76.8 Å². The molecule has 11 heteroatoms. The summed E-state index contributed by atoms with van der Waals surface area (Å²) >= 11 is 8.58. The molecule has 0 saturated carbocycles. The fourth-order valence-corrected chi connectivity index (χ4v) is 4.34. The van der Waals surface area contributed by atoms with E-state index in [-0.39, 0.29) is 27.9 Å². The molecule has 0 spiro atoms. The molecule has 0 atom stereocenters. The number of carbonyl (C=O) groups excluding carboxylic acids is 3. The number of amides is 3. The fourth-order valence-electron chi connectivity index (χ4n) is 3.49. The van der Waals surface area contributed by atoms with Gasteiger partial charge >= 0.3 is 0 Å². The summed E-state index contributed by atoms with van der Waals surface area (Å²) in [7, 11) is 1.40. The number of halogens is 2. The maximum absolute atomic E-state index is 13.8. The third-order valence-electron chi connectivity index (χ3n) is 5.17. The van der Waals surface area contributed by atoms with Crippen LogP contribution in [0.4, 0.5) is 15.8 Å². The smallest absolute Gasteiger partial charge is 0.270 e. The molecule has 1 aliphatic rings. The standard InChI is InChI=1S/C26H19BrFN3O5S/c1-35-21-13-15(11-17-24(33)30-26(37)31(25(17)34)16-7-3-2-4-8-16)12-18(27)23(21)36-14-22(32)29-20-10-6-5-9-19(20)28/h2-13H,14H2,1H3,(H,29,32)(H,30,33,37)/b17-11-. The molecule has 1 saturated heterocycles. The zero-order valence-corrected chi connectivity index (χ0v) is 21.7. The van der Waals surface area contributed by atoms with Crippen molar-refractivity contribution in [2.75, 3.05) is 23.9 Å². The van der Waals surface area contributed by atoms with E-state index in [1.165, 1.54) is 36.3 Å². The van der Waals surface area contributed by atoms with Crippen molar-refractivity contribution in [1.82, 2.24) is 5.32 Å². The lowest BCUT2D eigenvalue weighted by molar-refractivity contribution is -0.122. The molecule has 1 aliphatic heterocycles. The van der Waals surface area contributed by atoms with Crippen LogP contribution >= 0.6 is 28.1 Å². The highest BCUT2D eigenvalue weighted by atomic mass is 79.9. The molecule has 37 heavy (non-hydrogen) atoms. The van der Waals surface area contributed by atoms with Gasteiger partial charge in [-0.1, -0.05) is 30.3 Å². The van der Waals surface area contributed by atoms with Gasteiger partial charge in [-0.15, -0.1) is 0 Å². The minimum atomic E-state index is -0.637. The Hall–Kier alpha value is -4.09. The van der Waals surface area contributed by atoms with E-state index in [0.29, 0.717) is 15.7 Å². The molecule has 3 amide bonds. The molecule has 4 rings (SSSR count). The topological polar surface area (TPSA) is 97.0 Å². The maximum Gasteiger partial charge on any atom is 0.270 e. The van der Waals surface area contributed by atoms with E-state index >= 15 is 0 Å². The number of para-hydroxylation sites is 2. The summed E-state index contributed by atoms with van der Waals surface area (Å²) < 4.78 is 25.2. The van der Waals surface area contributed by atoms with Gasteiger partial charge in [-0.2, -0.15) is 0 Å². The van der Waals surface area contributed by atoms with E-state index in [1.807, 2.05) is 0 Å².